The van der Waals surface area contributed by atoms with E-state index in [9.17, 15) is 8.42 Å². The van der Waals surface area contributed by atoms with Crippen molar-refractivity contribution in [3.8, 4) is 10.4 Å². The first-order valence-corrected chi connectivity index (χ1v) is 7.46. The standard InChI is InChI=1S/C12H12O3S2/c1-2-15-17(13,14)12-8-4-3-6-10(12)11-7-5-9-16-11/h3-9H,2H2,1H3. The van der Waals surface area contributed by atoms with E-state index in [-0.39, 0.29) is 11.5 Å². The Morgan fingerprint density at radius 3 is 2.59 bits per heavy atom. The summed E-state index contributed by atoms with van der Waals surface area (Å²) in [6, 6.07) is 10.7. The van der Waals surface area contributed by atoms with Crippen LogP contribution in [-0.2, 0) is 14.3 Å². The summed E-state index contributed by atoms with van der Waals surface area (Å²) in [4.78, 5) is 1.15. The van der Waals surface area contributed by atoms with Crippen molar-refractivity contribution in [2.45, 2.75) is 11.8 Å². The lowest BCUT2D eigenvalue weighted by Crippen LogP contribution is -2.07. The molecular weight excluding hydrogens is 256 g/mol. The highest BCUT2D eigenvalue weighted by atomic mass is 32.2. The fraction of sp³-hybridized carbons (Fsp3) is 0.167. The number of hydrogen-bond acceptors (Lipinski definition) is 4. The molecule has 0 atom stereocenters. The first kappa shape index (κ1) is 12.3. The van der Waals surface area contributed by atoms with Gasteiger partial charge in [-0.1, -0.05) is 24.3 Å². The average molecular weight is 268 g/mol. The van der Waals surface area contributed by atoms with Gasteiger partial charge in [0.1, 0.15) is 4.90 Å². The van der Waals surface area contributed by atoms with Gasteiger partial charge in [-0.05, 0) is 24.4 Å². The minimum atomic E-state index is -3.66. The molecule has 90 valence electrons. The normalized spacial score (nSPS) is 11.6. The summed E-state index contributed by atoms with van der Waals surface area (Å²) in [7, 11) is -3.66. The molecule has 0 fully saturated rings. The van der Waals surface area contributed by atoms with Crippen LogP contribution in [0.3, 0.4) is 0 Å². The molecule has 0 aliphatic rings. The predicted octanol–water partition coefficient (Wildman–Crippen LogP) is 3.14. The van der Waals surface area contributed by atoms with Crippen LogP contribution >= 0.6 is 11.3 Å². The van der Waals surface area contributed by atoms with Crippen molar-refractivity contribution in [2.75, 3.05) is 6.61 Å². The van der Waals surface area contributed by atoms with Gasteiger partial charge >= 0.3 is 0 Å². The molecule has 0 amide bonds. The summed E-state index contributed by atoms with van der Waals surface area (Å²) >= 11 is 1.50. The fourth-order valence-electron chi connectivity index (χ4n) is 1.54. The van der Waals surface area contributed by atoms with Crippen molar-refractivity contribution >= 4 is 21.5 Å². The zero-order valence-corrected chi connectivity index (χ0v) is 10.9. The molecule has 0 saturated heterocycles. The van der Waals surface area contributed by atoms with Gasteiger partial charge in [0.15, 0.2) is 0 Å². The Kier molecular flexibility index (Phi) is 3.61. The SMILES string of the molecule is CCOS(=O)(=O)c1ccccc1-c1cccs1. The van der Waals surface area contributed by atoms with E-state index in [1.807, 2.05) is 23.6 Å². The number of thiophene rings is 1. The number of rotatable bonds is 4. The maximum atomic E-state index is 11.9. The maximum absolute atomic E-state index is 11.9. The molecular formula is C12H12O3S2. The predicted molar refractivity (Wildman–Crippen MR) is 68.6 cm³/mol. The van der Waals surface area contributed by atoms with Crippen molar-refractivity contribution in [3.63, 3.8) is 0 Å². The lowest BCUT2D eigenvalue weighted by Gasteiger charge is -2.08. The van der Waals surface area contributed by atoms with Crippen molar-refractivity contribution in [1.29, 1.82) is 0 Å². The summed E-state index contributed by atoms with van der Waals surface area (Å²) in [5, 5.41) is 1.92. The van der Waals surface area contributed by atoms with Crippen LogP contribution in [0.25, 0.3) is 10.4 Å². The van der Waals surface area contributed by atoms with Crippen LogP contribution in [0.2, 0.25) is 0 Å². The zero-order valence-electron chi connectivity index (χ0n) is 9.29. The average Bonchev–Trinajstić information content (AvgIpc) is 2.82. The topological polar surface area (TPSA) is 43.4 Å². The van der Waals surface area contributed by atoms with Crippen molar-refractivity contribution < 1.29 is 12.6 Å². The fourth-order valence-corrected chi connectivity index (χ4v) is 3.50. The largest absolute Gasteiger partial charge is 0.297 e. The molecule has 0 saturated carbocycles. The van der Waals surface area contributed by atoms with Gasteiger partial charge in [-0.2, -0.15) is 8.42 Å². The highest BCUT2D eigenvalue weighted by Gasteiger charge is 2.19. The highest BCUT2D eigenvalue weighted by Crippen LogP contribution is 2.31. The van der Waals surface area contributed by atoms with E-state index in [1.165, 1.54) is 11.3 Å². The van der Waals surface area contributed by atoms with E-state index in [2.05, 4.69) is 0 Å². The molecule has 1 heterocycles. The summed E-state index contributed by atoms with van der Waals surface area (Å²) in [6.45, 7) is 1.80. The van der Waals surface area contributed by atoms with Gasteiger partial charge in [-0.3, -0.25) is 4.18 Å². The molecule has 0 aliphatic heterocycles. The molecule has 0 N–H and O–H groups in total. The lowest BCUT2D eigenvalue weighted by molar-refractivity contribution is 0.338. The van der Waals surface area contributed by atoms with Gasteiger partial charge in [-0.15, -0.1) is 11.3 Å². The van der Waals surface area contributed by atoms with E-state index in [0.717, 1.165) is 4.88 Å². The Morgan fingerprint density at radius 1 is 1.18 bits per heavy atom. The second kappa shape index (κ2) is 5.00. The third-order valence-corrected chi connectivity index (χ3v) is 4.56. The molecule has 2 rings (SSSR count). The van der Waals surface area contributed by atoms with Gasteiger partial charge in [0.25, 0.3) is 10.1 Å². The molecule has 0 radical (unpaired) electrons. The van der Waals surface area contributed by atoms with E-state index in [0.29, 0.717) is 5.56 Å². The highest BCUT2D eigenvalue weighted by molar-refractivity contribution is 7.87. The molecule has 5 heteroatoms. The van der Waals surface area contributed by atoms with Crippen LogP contribution in [-0.4, -0.2) is 15.0 Å². The Labute approximate surface area is 105 Å². The molecule has 0 aliphatic carbocycles. The van der Waals surface area contributed by atoms with Gasteiger partial charge in [-0.25, -0.2) is 0 Å². The van der Waals surface area contributed by atoms with Crippen LogP contribution in [0.5, 0.6) is 0 Å². The first-order chi connectivity index (χ1) is 8.15. The monoisotopic (exact) mass is 268 g/mol. The number of hydrogen-bond donors (Lipinski definition) is 0. The second-order valence-corrected chi connectivity index (χ2v) is 5.87. The second-order valence-electron chi connectivity index (χ2n) is 3.33. The Hall–Kier alpha value is -1.17. The van der Waals surface area contributed by atoms with Crippen LogP contribution in [0.1, 0.15) is 6.92 Å². The van der Waals surface area contributed by atoms with Gasteiger partial charge < -0.3 is 0 Å². The molecule has 1 aromatic carbocycles. The quantitative estimate of drug-likeness (QED) is 0.800. The first-order valence-electron chi connectivity index (χ1n) is 5.17. The molecule has 0 unspecified atom stereocenters. The summed E-state index contributed by atoms with van der Waals surface area (Å²) < 4.78 is 28.7. The Bertz CT molecular complexity index is 586. The molecule has 0 spiro atoms. The minimum absolute atomic E-state index is 0.140. The van der Waals surface area contributed by atoms with Gasteiger partial charge in [0.05, 0.1) is 6.61 Å². The summed E-state index contributed by atoms with van der Waals surface area (Å²) in [5.74, 6) is 0. The van der Waals surface area contributed by atoms with Crippen molar-refractivity contribution in [1.82, 2.24) is 0 Å². The molecule has 3 nitrogen and oxygen atoms in total. The smallest absolute Gasteiger partial charge is 0.267 e. The molecule has 17 heavy (non-hydrogen) atoms. The minimum Gasteiger partial charge on any atom is -0.267 e. The van der Waals surface area contributed by atoms with Crippen molar-refractivity contribution in [2.24, 2.45) is 0 Å². The molecule has 2 aromatic rings. The van der Waals surface area contributed by atoms with E-state index < -0.39 is 10.1 Å². The molecule has 1 aromatic heterocycles. The van der Waals surface area contributed by atoms with E-state index in [1.54, 1.807) is 25.1 Å². The van der Waals surface area contributed by atoms with Gasteiger partial charge in [0, 0.05) is 10.4 Å². The van der Waals surface area contributed by atoms with Gasteiger partial charge in [0.2, 0.25) is 0 Å². The zero-order chi connectivity index (χ0) is 12.3. The molecule has 0 bridgehead atoms. The maximum Gasteiger partial charge on any atom is 0.297 e. The van der Waals surface area contributed by atoms with Crippen molar-refractivity contribution in [3.05, 3.63) is 41.8 Å². The third-order valence-electron chi connectivity index (χ3n) is 2.22. The third kappa shape index (κ3) is 2.57. The van der Waals surface area contributed by atoms with Crippen LogP contribution < -0.4 is 0 Å². The van der Waals surface area contributed by atoms with E-state index in [4.69, 9.17) is 4.18 Å². The Morgan fingerprint density at radius 2 is 1.94 bits per heavy atom. The van der Waals surface area contributed by atoms with Crippen LogP contribution in [0.4, 0.5) is 0 Å². The Balaban J connectivity index is 2.56. The van der Waals surface area contributed by atoms with Crippen LogP contribution in [0, 0.1) is 0 Å². The number of benzene rings is 1. The summed E-state index contributed by atoms with van der Waals surface area (Å²) in [5.41, 5.74) is 0.691. The van der Waals surface area contributed by atoms with E-state index >= 15 is 0 Å². The lowest BCUT2D eigenvalue weighted by atomic mass is 10.2. The summed E-state index contributed by atoms with van der Waals surface area (Å²) in [6.07, 6.45) is 0. The van der Waals surface area contributed by atoms with Crippen LogP contribution in [0.15, 0.2) is 46.7 Å².